The van der Waals surface area contributed by atoms with Crippen molar-refractivity contribution in [1.29, 1.82) is 0 Å². The molecule has 31 heavy (non-hydrogen) atoms. The minimum atomic E-state index is -0.217. The summed E-state index contributed by atoms with van der Waals surface area (Å²) in [6.07, 6.45) is 0. The van der Waals surface area contributed by atoms with Crippen LogP contribution in [0.1, 0.15) is 58.4 Å². The highest BCUT2D eigenvalue weighted by Gasteiger charge is 2.51. The van der Waals surface area contributed by atoms with Crippen LogP contribution in [0.4, 0.5) is 0 Å². The molecule has 0 unspecified atom stereocenters. The average molecular weight is 403 g/mol. The third kappa shape index (κ3) is 2.54. The Kier molecular flexibility index (Phi) is 4.45. The molecule has 2 aliphatic rings. The summed E-state index contributed by atoms with van der Waals surface area (Å²) in [5.74, 6) is 0. The number of rotatable bonds is 0. The van der Waals surface area contributed by atoms with Crippen LogP contribution in [-0.4, -0.2) is 0 Å². The molecule has 0 aliphatic heterocycles. The molecule has 0 nitrogen and oxygen atoms in total. The van der Waals surface area contributed by atoms with Gasteiger partial charge in [0, 0.05) is 0 Å². The van der Waals surface area contributed by atoms with E-state index in [1.54, 1.807) is 0 Å². The van der Waals surface area contributed by atoms with Crippen molar-refractivity contribution in [2.75, 3.05) is 0 Å². The van der Waals surface area contributed by atoms with Gasteiger partial charge < -0.3 is 0 Å². The van der Waals surface area contributed by atoms with Gasteiger partial charge >= 0.3 is 0 Å². The molecule has 4 aromatic rings. The largest absolute Gasteiger partial charge is 0.0725 e. The average Bonchev–Trinajstić information content (AvgIpc) is 3.20. The van der Waals surface area contributed by atoms with Gasteiger partial charge in [0.2, 0.25) is 0 Å². The van der Waals surface area contributed by atoms with Gasteiger partial charge in [0.1, 0.15) is 0 Å². The predicted octanol–water partition coefficient (Wildman–Crippen LogP) is 8.29. The summed E-state index contributed by atoms with van der Waals surface area (Å²) in [5.41, 5.74) is 16.4. The Balaban J connectivity index is 0.000000994. The lowest BCUT2D eigenvalue weighted by molar-refractivity contribution is 0.789. The summed E-state index contributed by atoms with van der Waals surface area (Å²) in [6.45, 7) is 12.9. The molecule has 0 aromatic heterocycles. The lowest BCUT2D eigenvalue weighted by Crippen LogP contribution is -2.26. The zero-order valence-electron chi connectivity index (χ0n) is 19.4. The van der Waals surface area contributed by atoms with Crippen LogP contribution in [0, 0.1) is 27.7 Å². The number of aryl methyl sites for hydroxylation is 4. The zero-order chi connectivity index (χ0) is 21.9. The molecule has 0 saturated heterocycles. The molecule has 0 heterocycles. The second-order valence-corrected chi connectivity index (χ2v) is 8.95. The summed E-state index contributed by atoms with van der Waals surface area (Å²) >= 11 is 0. The first-order valence-electron chi connectivity index (χ1n) is 11.5. The highest BCUT2D eigenvalue weighted by Crippen LogP contribution is 2.63. The van der Waals surface area contributed by atoms with Crippen LogP contribution in [-0.2, 0) is 5.41 Å². The maximum Gasteiger partial charge on any atom is 0.0725 e. The fourth-order valence-electron chi connectivity index (χ4n) is 5.68. The topological polar surface area (TPSA) is 0 Å². The van der Waals surface area contributed by atoms with Crippen LogP contribution < -0.4 is 0 Å². The Bertz CT molecular complexity index is 1120. The maximum absolute atomic E-state index is 2.42. The summed E-state index contributed by atoms with van der Waals surface area (Å²) < 4.78 is 0. The van der Waals surface area contributed by atoms with Gasteiger partial charge in [0.25, 0.3) is 0 Å². The van der Waals surface area contributed by atoms with Crippen LogP contribution in [0.25, 0.3) is 22.3 Å². The van der Waals surface area contributed by atoms with E-state index in [0.29, 0.717) is 0 Å². The van der Waals surface area contributed by atoms with Crippen molar-refractivity contribution in [3.8, 4) is 22.3 Å². The molecule has 4 aromatic carbocycles. The van der Waals surface area contributed by atoms with E-state index in [1.807, 2.05) is 13.8 Å². The van der Waals surface area contributed by atoms with Gasteiger partial charge in [-0.1, -0.05) is 109 Å². The molecule has 0 N–H and O–H groups in total. The maximum atomic E-state index is 2.42. The van der Waals surface area contributed by atoms with Gasteiger partial charge in [-0.3, -0.25) is 0 Å². The van der Waals surface area contributed by atoms with Crippen LogP contribution in [0.5, 0.6) is 0 Å². The quantitative estimate of drug-likeness (QED) is 0.240. The smallest absolute Gasteiger partial charge is 0.0683 e. The first kappa shape index (κ1) is 19.8. The van der Waals surface area contributed by atoms with E-state index in [0.717, 1.165) is 0 Å². The van der Waals surface area contributed by atoms with Crippen molar-refractivity contribution < 1.29 is 0 Å². The Hall–Kier alpha value is -3.12. The first-order valence-corrected chi connectivity index (χ1v) is 11.5. The Morgan fingerprint density at radius 1 is 0.387 bits per heavy atom. The Morgan fingerprint density at radius 2 is 0.613 bits per heavy atom. The molecule has 0 saturated carbocycles. The Morgan fingerprint density at radius 3 is 0.839 bits per heavy atom. The molecule has 0 atom stereocenters. The van der Waals surface area contributed by atoms with Crippen LogP contribution in [0.2, 0.25) is 0 Å². The fourth-order valence-corrected chi connectivity index (χ4v) is 5.68. The molecule has 1 spiro atoms. The van der Waals surface area contributed by atoms with Crippen molar-refractivity contribution in [3.63, 3.8) is 0 Å². The first-order chi connectivity index (χ1) is 15.0. The van der Waals surface area contributed by atoms with Crippen LogP contribution in [0.3, 0.4) is 0 Å². The normalized spacial score (nSPS) is 13.7. The van der Waals surface area contributed by atoms with Crippen molar-refractivity contribution in [2.24, 2.45) is 0 Å². The summed E-state index contributed by atoms with van der Waals surface area (Å²) in [4.78, 5) is 0. The van der Waals surface area contributed by atoms with Crippen molar-refractivity contribution in [2.45, 2.75) is 47.0 Å². The number of hydrogen-bond donors (Lipinski definition) is 0. The SMILES string of the molecule is CC.Cc1ccc2c(c1)C1(c3cc(C)ccc3-2)c2cc(C)ccc2-c2ccc(C)cc21. The lowest BCUT2D eigenvalue weighted by atomic mass is 9.70. The molecular formula is C31H30. The third-order valence-electron chi connectivity index (χ3n) is 6.90. The van der Waals surface area contributed by atoms with Crippen LogP contribution >= 0.6 is 0 Å². The molecule has 0 radical (unpaired) electrons. The van der Waals surface area contributed by atoms with Gasteiger partial charge in [0.15, 0.2) is 0 Å². The van der Waals surface area contributed by atoms with Gasteiger partial charge in [-0.25, -0.2) is 0 Å². The van der Waals surface area contributed by atoms with E-state index < -0.39 is 0 Å². The van der Waals surface area contributed by atoms with E-state index in [9.17, 15) is 0 Å². The van der Waals surface area contributed by atoms with Crippen LogP contribution in [0.15, 0.2) is 72.8 Å². The minimum Gasteiger partial charge on any atom is -0.0683 e. The molecule has 0 heteroatoms. The zero-order valence-corrected chi connectivity index (χ0v) is 19.4. The lowest BCUT2D eigenvalue weighted by Gasteiger charge is -2.31. The number of fused-ring (bicyclic) bond motifs is 10. The van der Waals surface area contributed by atoms with E-state index in [1.165, 1.54) is 66.8 Å². The van der Waals surface area contributed by atoms with Gasteiger partial charge in [0.05, 0.1) is 5.41 Å². The molecule has 0 fully saturated rings. The Labute approximate surface area is 186 Å². The molecule has 6 rings (SSSR count). The van der Waals surface area contributed by atoms with Crippen molar-refractivity contribution in [3.05, 3.63) is 117 Å². The van der Waals surface area contributed by atoms with Gasteiger partial charge in [-0.2, -0.15) is 0 Å². The van der Waals surface area contributed by atoms with E-state index in [2.05, 4.69) is 100 Å². The summed E-state index contributed by atoms with van der Waals surface area (Å²) in [7, 11) is 0. The van der Waals surface area contributed by atoms with Crippen molar-refractivity contribution >= 4 is 0 Å². The highest BCUT2D eigenvalue weighted by atomic mass is 14.5. The molecule has 0 bridgehead atoms. The van der Waals surface area contributed by atoms with E-state index in [4.69, 9.17) is 0 Å². The van der Waals surface area contributed by atoms with E-state index >= 15 is 0 Å². The summed E-state index contributed by atoms with van der Waals surface area (Å²) in [6, 6.07) is 28.0. The highest BCUT2D eigenvalue weighted by molar-refractivity contribution is 5.95. The second kappa shape index (κ2) is 6.95. The molecule has 154 valence electrons. The standard InChI is InChI=1S/C29H24.C2H6/c1-17-5-9-21-22-10-6-18(2)14-26(22)29(25(21)13-17)27-15-19(3)7-11-23(27)24-12-8-20(4)16-28(24)29;1-2/h5-16H,1-4H3;1-2H3. The number of benzene rings is 4. The number of hydrogen-bond acceptors (Lipinski definition) is 0. The van der Waals surface area contributed by atoms with Crippen molar-refractivity contribution in [1.82, 2.24) is 0 Å². The predicted molar refractivity (Wildman–Crippen MR) is 133 cm³/mol. The molecule has 2 aliphatic carbocycles. The fraction of sp³-hybridized carbons (Fsp3) is 0.226. The summed E-state index contributed by atoms with van der Waals surface area (Å²) in [5, 5.41) is 0. The third-order valence-corrected chi connectivity index (χ3v) is 6.90. The second-order valence-electron chi connectivity index (χ2n) is 8.95. The minimum absolute atomic E-state index is 0.217. The molecular weight excluding hydrogens is 372 g/mol. The van der Waals surface area contributed by atoms with Gasteiger partial charge in [-0.05, 0) is 72.2 Å². The van der Waals surface area contributed by atoms with E-state index in [-0.39, 0.29) is 5.41 Å². The monoisotopic (exact) mass is 402 g/mol. The van der Waals surface area contributed by atoms with Gasteiger partial charge in [-0.15, -0.1) is 0 Å². The molecule has 0 amide bonds.